The van der Waals surface area contributed by atoms with Crippen molar-refractivity contribution in [2.24, 2.45) is 0 Å². The molecule has 1 aromatic heterocycles. The van der Waals surface area contributed by atoms with E-state index in [9.17, 15) is 14.9 Å². The van der Waals surface area contributed by atoms with Gasteiger partial charge in [0.25, 0.3) is 0 Å². The molecule has 29 heavy (non-hydrogen) atoms. The molecule has 2 N–H and O–H groups in total. The largest absolute Gasteiger partial charge is 0.399 e. The number of amides is 2. The van der Waals surface area contributed by atoms with Gasteiger partial charge in [0, 0.05) is 27.9 Å². The number of thioether (sulfide) groups is 1. The van der Waals surface area contributed by atoms with Gasteiger partial charge < -0.3 is 5.73 Å². The molecule has 1 fully saturated rings. The van der Waals surface area contributed by atoms with E-state index in [0.717, 1.165) is 21.6 Å². The third-order valence-corrected chi connectivity index (χ3v) is 6.83. The molecule has 0 aliphatic carbocycles. The summed E-state index contributed by atoms with van der Waals surface area (Å²) in [6.07, 6.45) is 0.0981. The molecule has 0 spiro atoms. The van der Waals surface area contributed by atoms with E-state index in [2.05, 4.69) is 6.07 Å². The van der Waals surface area contributed by atoms with Crippen LogP contribution in [0.25, 0.3) is 11.1 Å². The van der Waals surface area contributed by atoms with Crippen molar-refractivity contribution in [3.63, 3.8) is 0 Å². The summed E-state index contributed by atoms with van der Waals surface area (Å²) in [6.45, 7) is 1.99. The second-order valence-corrected chi connectivity index (χ2v) is 8.89. The number of anilines is 2. The number of nitrogens with zero attached hydrogens (tertiary/aromatic N) is 2. The summed E-state index contributed by atoms with van der Waals surface area (Å²) < 4.78 is 0. The fraction of sp³-hybridized carbons (Fsp3) is 0.136. The minimum atomic E-state index is -0.527. The molecule has 2 heterocycles. The van der Waals surface area contributed by atoms with Gasteiger partial charge in [-0.3, -0.25) is 9.59 Å². The standard InChI is InChI=1S/C22H17N3O2S2/c1-13-5-7-14(8-6-13)18-12-28-22(17(18)11-23)25-20(26)10-19(21(25)27)29-16-4-2-3-15(24)9-16/h2-9,12,19H,10,24H2,1H3. The maximum Gasteiger partial charge on any atom is 0.248 e. The number of nitrogen functional groups attached to an aromatic ring is 1. The number of carbonyl (C=O) groups excluding carboxylic acids is 2. The van der Waals surface area contributed by atoms with Gasteiger partial charge in [0.05, 0.1) is 10.8 Å². The number of carbonyl (C=O) groups is 2. The van der Waals surface area contributed by atoms with Gasteiger partial charge in [0.1, 0.15) is 11.1 Å². The van der Waals surface area contributed by atoms with Crippen LogP contribution in [0.1, 0.15) is 17.5 Å². The van der Waals surface area contributed by atoms with Crippen LogP contribution in [0.5, 0.6) is 0 Å². The van der Waals surface area contributed by atoms with Crippen molar-refractivity contribution >= 4 is 45.6 Å². The SMILES string of the molecule is Cc1ccc(-c2csc(N3C(=O)CC(Sc4cccc(N)c4)C3=O)c2C#N)cc1. The lowest BCUT2D eigenvalue weighted by atomic mass is 10.0. The second kappa shape index (κ2) is 7.74. The van der Waals surface area contributed by atoms with Crippen LogP contribution in [0.3, 0.4) is 0 Å². The predicted octanol–water partition coefficient (Wildman–Crippen LogP) is 4.60. The topological polar surface area (TPSA) is 87.2 Å². The van der Waals surface area contributed by atoms with Crippen LogP contribution >= 0.6 is 23.1 Å². The van der Waals surface area contributed by atoms with E-state index in [-0.39, 0.29) is 18.2 Å². The van der Waals surface area contributed by atoms with Crippen molar-refractivity contribution in [1.82, 2.24) is 0 Å². The lowest BCUT2D eigenvalue weighted by Crippen LogP contribution is -2.31. The molecular weight excluding hydrogens is 402 g/mol. The first-order valence-corrected chi connectivity index (χ1v) is 10.7. The van der Waals surface area contributed by atoms with E-state index in [0.29, 0.717) is 16.3 Å². The van der Waals surface area contributed by atoms with E-state index in [1.807, 2.05) is 48.7 Å². The molecule has 5 nitrogen and oxygen atoms in total. The number of hydrogen-bond donors (Lipinski definition) is 1. The van der Waals surface area contributed by atoms with Gasteiger partial charge >= 0.3 is 0 Å². The van der Waals surface area contributed by atoms with Crippen LogP contribution in [0.2, 0.25) is 0 Å². The summed E-state index contributed by atoms with van der Waals surface area (Å²) in [5.41, 5.74) is 9.52. The molecule has 2 amide bonds. The highest BCUT2D eigenvalue weighted by Crippen LogP contribution is 2.42. The van der Waals surface area contributed by atoms with Crippen molar-refractivity contribution in [2.75, 3.05) is 10.6 Å². The van der Waals surface area contributed by atoms with Gasteiger partial charge in [-0.15, -0.1) is 23.1 Å². The van der Waals surface area contributed by atoms with Crippen molar-refractivity contribution < 1.29 is 9.59 Å². The smallest absolute Gasteiger partial charge is 0.248 e. The summed E-state index contributed by atoms with van der Waals surface area (Å²) >= 11 is 2.57. The lowest BCUT2D eigenvalue weighted by Gasteiger charge is -2.14. The molecule has 7 heteroatoms. The van der Waals surface area contributed by atoms with Crippen LogP contribution in [0.15, 0.2) is 58.8 Å². The van der Waals surface area contributed by atoms with Crippen molar-refractivity contribution in [3.05, 3.63) is 65.0 Å². The van der Waals surface area contributed by atoms with E-state index < -0.39 is 5.25 Å². The average molecular weight is 420 g/mol. The molecule has 144 valence electrons. The Morgan fingerprint density at radius 1 is 1.21 bits per heavy atom. The second-order valence-electron chi connectivity index (χ2n) is 6.76. The van der Waals surface area contributed by atoms with E-state index >= 15 is 0 Å². The van der Waals surface area contributed by atoms with Gasteiger partial charge in [0.2, 0.25) is 11.8 Å². The van der Waals surface area contributed by atoms with E-state index in [4.69, 9.17) is 5.73 Å². The van der Waals surface area contributed by atoms with Crippen molar-refractivity contribution in [1.29, 1.82) is 5.26 Å². The lowest BCUT2D eigenvalue weighted by molar-refractivity contribution is -0.121. The first-order chi connectivity index (χ1) is 14.0. The van der Waals surface area contributed by atoms with Crippen LogP contribution in [0.4, 0.5) is 10.7 Å². The molecule has 1 saturated heterocycles. The number of benzene rings is 2. The Labute approximate surface area is 176 Å². The maximum atomic E-state index is 13.0. The van der Waals surface area contributed by atoms with E-state index in [1.54, 1.807) is 12.1 Å². The van der Waals surface area contributed by atoms with Crippen molar-refractivity contribution in [2.45, 2.75) is 23.5 Å². The Balaban J connectivity index is 1.65. The molecular formula is C22H17N3O2S2. The number of nitrogens with two attached hydrogens (primary N) is 1. The molecule has 1 atom stereocenters. The number of imide groups is 1. The number of thiophene rings is 1. The zero-order chi connectivity index (χ0) is 20.5. The van der Waals surface area contributed by atoms with Gasteiger partial charge in [-0.25, -0.2) is 4.90 Å². The van der Waals surface area contributed by atoms with Gasteiger partial charge in [0.15, 0.2) is 0 Å². The Kier molecular flexibility index (Phi) is 5.14. The third kappa shape index (κ3) is 3.65. The summed E-state index contributed by atoms with van der Waals surface area (Å²) in [5, 5.41) is 11.5. The van der Waals surface area contributed by atoms with E-state index in [1.165, 1.54) is 28.0 Å². The number of hydrogen-bond acceptors (Lipinski definition) is 6. The van der Waals surface area contributed by atoms with Gasteiger partial charge in [-0.2, -0.15) is 5.26 Å². The maximum absolute atomic E-state index is 13.0. The first kappa shape index (κ1) is 19.2. The van der Waals surface area contributed by atoms with Gasteiger partial charge in [-0.1, -0.05) is 35.9 Å². The highest BCUT2D eigenvalue weighted by atomic mass is 32.2. The fourth-order valence-electron chi connectivity index (χ4n) is 3.23. The van der Waals surface area contributed by atoms with Gasteiger partial charge in [-0.05, 0) is 30.7 Å². The minimum absolute atomic E-state index is 0.0981. The summed E-state index contributed by atoms with van der Waals surface area (Å²) in [4.78, 5) is 27.7. The molecule has 1 aliphatic rings. The Morgan fingerprint density at radius 3 is 2.66 bits per heavy atom. The Hall–Kier alpha value is -3.08. The molecule has 4 rings (SSSR count). The molecule has 0 bridgehead atoms. The quantitative estimate of drug-likeness (QED) is 0.493. The molecule has 0 radical (unpaired) electrons. The van der Waals surface area contributed by atoms with Crippen LogP contribution < -0.4 is 10.6 Å². The Morgan fingerprint density at radius 2 is 1.97 bits per heavy atom. The normalized spacial score (nSPS) is 16.3. The average Bonchev–Trinajstić information content (AvgIpc) is 3.22. The molecule has 0 saturated carbocycles. The highest BCUT2D eigenvalue weighted by Gasteiger charge is 2.42. The number of aryl methyl sites for hydroxylation is 1. The molecule has 3 aromatic rings. The summed E-state index contributed by atoms with van der Waals surface area (Å²) in [7, 11) is 0. The van der Waals surface area contributed by atoms with Crippen LogP contribution in [0, 0.1) is 18.3 Å². The highest BCUT2D eigenvalue weighted by molar-refractivity contribution is 8.00. The first-order valence-electron chi connectivity index (χ1n) is 8.95. The number of nitriles is 1. The predicted molar refractivity (Wildman–Crippen MR) is 117 cm³/mol. The number of rotatable bonds is 4. The van der Waals surface area contributed by atoms with Crippen LogP contribution in [-0.4, -0.2) is 17.1 Å². The zero-order valence-electron chi connectivity index (χ0n) is 15.6. The summed E-state index contributed by atoms with van der Waals surface area (Å²) in [5.74, 6) is -0.582. The monoisotopic (exact) mass is 419 g/mol. The molecule has 1 unspecified atom stereocenters. The molecule has 2 aromatic carbocycles. The van der Waals surface area contributed by atoms with Crippen molar-refractivity contribution in [3.8, 4) is 17.2 Å². The minimum Gasteiger partial charge on any atom is -0.399 e. The molecule has 1 aliphatic heterocycles. The van der Waals surface area contributed by atoms with Crippen LogP contribution in [-0.2, 0) is 9.59 Å². The third-order valence-electron chi connectivity index (χ3n) is 4.69. The fourth-order valence-corrected chi connectivity index (χ4v) is 5.40. The summed E-state index contributed by atoms with van der Waals surface area (Å²) in [6, 6.07) is 17.2. The Bertz CT molecular complexity index is 1150. The zero-order valence-corrected chi connectivity index (χ0v) is 17.2.